The molecule has 1 unspecified atom stereocenters. The van der Waals surface area contributed by atoms with E-state index in [1.165, 1.54) is 11.8 Å². The zero-order valence-corrected chi connectivity index (χ0v) is 11.6. The van der Waals surface area contributed by atoms with Gasteiger partial charge in [-0.1, -0.05) is 49.2 Å². The normalized spacial score (nSPS) is 11.4. The van der Waals surface area contributed by atoms with E-state index in [0.29, 0.717) is 5.56 Å². The maximum absolute atomic E-state index is 12.6. The third-order valence-electron chi connectivity index (χ3n) is 2.40. The highest BCUT2D eigenvalue weighted by Crippen LogP contribution is 2.10. The second kappa shape index (κ2) is 8.63. The summed E-state index contributed by atoms with van der Waals surface area (Å²) in [6.45, 7) is 2.55. The van der Waals surface area contributed by atoms with Gasteiger partial charge in [0.1, 0.15) is 0 Å². The molecular formula is C14H18FN3S. The first kappa shape index (κ1) is 15.6. The Morgan fingerprint density at radius 3 is 2.42 bits per heavy atom. The molecule has 0 saturated heterocycles. The van der Waals surface area contributed by atoms with Crippen LogP contribution in [0.5, 0.6) is 0 Å². The molecule has 2 rings (SSSR count). The van der Waals surface area contributed by atoms with Crippen LogP contribution in [0.25, 0.3) is 0 Å². The summed E-state index contributed by atoms with van der Waals surface area (Å²) in [6.07, 6.45) is 1.40. The molecule has 0 saturated carbocycles. The maximum Gasteiger partial charge on any atom is 0.217 e. The summed E-state index contributed by atoms with van der Waals surface area (Å²) in [5, 5.41) is 0. The number of nitrogens with zero attached hydrogens (tertiary/aromatic N) is 1. The molecule has 1 atom stereocenters. The van der Waals surface area contributed by atoms with E-state index < -0.39 is 5.95 Å². The Morgan fingerprint density at radius 1 is 1.26 bits per heavy atom. The number of pyridine rings is 1. The van der Waals surface area contributed by atoms with Gasteiger partial charge < -0.3 is 5.73 Å². The molecule has 0 radical (unpaired) electrons. The molecule has 0 bridgehead atoms. The van der Waals surface area contributed by atoms with Gasteiger partial charge in [0.05, 0.1) is 0 Å². The summed E-state index contributed by atoms with van der Waals surface area (Å²) in [7, 11) is 0. The minimum Gasteiger partial charge on any atom is -0.324 e. The van der Waals surface area contributed by atoms with Gasteiger partial charge in [0.15, 0.2) is 0 Å². The predicted molar refractivity (Wildman–Crippen MR) is 79.1 cm³/mol. The largest absolute Gasteiger partial charge is 0.324 e. The van der Waals surface area contributed by atoms with Crippen LogP contribution in [0.3, 0.4) is 0 Å². The topological polar surface area (TPSA) is 50.9 Å². The second-order valence-corrected chi connectivity index (χ2v) is 4.31. The molecule has 0 aliphatic carbocycles. The fourth-order valence-corrected chi connectivity index (χ4v) is 1.61. The van der Waals surface area contributed by atoms with E-state index in [1.807, 2.05) is 18.2 Å². The number of thiol groups is 1. The molecule has 5 heteroatoms. The molecule has 1 aromatic heterocycles. The zero-order valence-electron chi connectivity index (χ0n) is 10.8. The first-order chi connectivity index (χ1) is 9.15. The molecule has 0 amide bonds. The van der Waals surface area contributed by atoms with Crippen LogP contribution in [-0.4, -0.2) is 4.98 Å². The molecule has 3 N–H and O–H groups in total. The fraction of sp³-hybridized carbons (Fsp3) is 0.214. The van der Waals surface area contributed by atoms with Crippen LogP contribution in [-0.2, 0) is 6.54 Å². The van der Waals surface area contributed by atoms with Crippen molar-refractivity contribution in [2.45, 2.75) is 19.5 Å². The molecular weight excluding hydrogens is 261 g/mol. The van der Waals surface area contributed by atoms with Crippen molar-refractivity contribution < 1.29 is 4.39 Å². The summed E-state index contributed by atoms with van der Waals surface area (Å²) in [6, 6.07) is 13.2. The predicted octanol–water partition coefficient (Wildman–Crippen LogP) is 2.86. The lowest BCUT2D eigenvalue weighted by Crippen LogP contribution is -2.07. The van der Waals surface area contributed by atoms with Crippen LogP contribution in [0.1, 0.15) is 24.1 Å². The van der Waals surface area contributed by atoms with Gasteiger partial charge in [-0.05, 0) is 18.6 Å². The van der Waals surface area contributed by atoms with Crippen molar-refractivity contribution in [1.29, 1.82) is 0 Å². The van der Waals surface area contributed by atoms with Crippen LogP contribution < -0.4 is 10.5 Å². The van der Waals surface area contributed by atoms with E-state index in [0.717, 1.165) is 6.54 Å². The summed E-state index contributed by atoms with van der Waals surface area (Å²) >= 11 is 3.88. The van der Waals surface area contributed by atoms with E-state index in [2.05, 4.69) is 34.7 Å². The summed E-state index contributed by atoms with van der Waals surface area (Å²) in [5.41, 5.74) is 7.15. The highest BCUT2D eigenvalue weighted by atomic mass is 32.1. The number of aromatic nitrogens is 1. The second-order valence-electron chi connectivity index (χ2n) is 3.99. The third-order valence-corrected chi connectivity index (χ3v) is 2.56. The van der Waals surface area contributed by atoms with Crippen molar-refractivity contribution in [3.63, 3.8) is 0 Å². The minimum atomic E-state index is -0.475. The monoisotopic (exact) mass is 279 g/mol. The molecule has 0 fully saturated rings. The number of nitrogens with one attached hydrogen (secondary N) is 1. The van der Waals surface area contributed by atoms with E-state index in [-0.39, 0.29) is 6.04 Å². The Hall–Kier alpha value is -1.43. The van der Waals surface area contributed by atoms with Gasteiger partial charge in [-0.2, -0.15) is 4.39 Å². The third kappa shape index (κ3) is 5.83. The molecule has 3 nitrogen and oxygen atoms in total. The fourth-order valence-electron chi connectivity index (χ4n) is 1.43. The van der Waals surface area contributed by atoms with E-state index in [4.69, 9.17) is 5.73 Å². The molecule has 102 valence electrons. The average Bonchev–Trinajstić information content (AvgIpc) is 2.41. The van der Waals surface area contributed by atoms with Gasteiger partial charge >= 0.3 is 0 Å². The molecule has 19 heavy (non-hydrogen) atoms. The standard InChI is InChI=1S/C7H9FN2.C7H9NS/c1-5(9)6-3-2-4-10-7(6)8;9-8-6-7-4-2-1-3-5-7/h2-5H,9H2,1H3;1-5,8-9H,6H2. The number of benzene rings is 1. The lowest BCUT2D eigenvalue weighted by molar-refractivity contribution is 0.553. The van der Waals surface area contributed by atoms with Gasteiger partial charge in [-0.25, -0.2) is 4.98 Å². The smallest absolute Gasteiger partial charge is 0.217 e. The number of hydrogen-bond donors (Lipinski definition) is 3. The van der Waals surface area contributed by atoms with Gasteiger partial charge in [0, 0.05) is 24.3 Å². The number of hydrogen-bond acceptors (Lipinski definition) is 4. The van der Waals surface area contributed by atoms with E-state index in [1.54, 1.807) is 19.1 Å². The highest BCUT2D eigenvalue weighted by molar-refractivity contribution is 7.78. The highest BCUT2D eigenvalue weighted by Gasteiger charge is 2.04. The number of nitrogens with two attached hydrogens (primary N) is 1. The van der Waals surface area contributed by atoms with Gasteiger partial charge in [0.25, 0.3) is 0 Å². The average molecular weight is 279 g/mol. The Bertz CT molecular complexity index is 477. The molecule has 0 aliphatic rings. The summed E-state index contributed by atoms with van der Waals surface area (Å²) in [5.74, 6) is -0.475. The Kier molecular flexibility index (Phi) is 7.10. The van der Waals surface area contributed by atoms with E-state index >= 15 is 0 Å². The van der Waals surface area contributed by atoms with Gasteiger partial charge in [-0.3, -0.25) is 4.72 Å². The number of rotatable bonds is 3. The maximum atomic E-state index is 12.6. The van der Waals surface area contributed by atoms with Crippen LogP contribution in [0.4, 0.5) is 4.39 Å². The van der Waals surface area contributed by atoms with Crippen LogP contribution in [0, 0.1) is 5.95 Å². The zero-order chi connectivity index (χ0) is 14.1. The quantitative estimate of drug-likeness (QED) is 0.598. The number of halogens is 1. The van der Waals surface area contributed by atoms with Crippen molar-refractivity contribution in [2.24, 2.45) is 5.73 Å². The Balaban J connectivity index is 0.000000191. The molecule has 1 heterocycles. The molecule has 0 aliphatic heterocycles. The van der Waals surface area contributed by atoms with E-state index in [9.17, 15) is 4.39 Å². The lowest BCUT2D eigenvalue weighted by Gasteiger charge is -2.03. The van der Waals surface area contributed by atoms with Crippen molar-refractivity contribution in [1.82, 2.24) is 9.71 Å². The van der Waals surface area contributed by atoms with Crippen molar-refractivity contribution in [2.75, 3.05) is 0 Å². The molecule has 1 aromatic carbocycles. The first-order valence-electron chi connectivity index (χ1n) is 5.92. The van der Waals surface area contributed by atoms with Crippen LogP contribution >= 0.6 is 12.8 Å². The van der Waals surface area contributed by atoms with Crippen LogP contribution in [0.15, 0.2) is 48.7 Å². The van der Waals surface area contributed by atoms with Crippen molar-refractivity contribution in [3.05, 3.63) is 65.7 Å². The summed E-state index contributed by atoms with van der Waals surface area (Å²) in [4.78, 5) is 3.45. The lowest BCUT2D eigenvalue weighted by atomic mass is 10.1. The van der Waals surface area contributed by atoms with Gasteiger partial charge in [0.2, 0.25) is 5.95 Å². The first-order valence-corrected chi connectivity index (χ1v) is 6.36. The Labute approximate surface area is 118 Å². The molecule has 2 aromatic rings. The van der Waals surface area contributed by atoms with Crippen molar-refractivity contribution >= 4 is 12.8 Å². The van der Waals surface area contributed by atoms with Gasteiger partial charge in [-0.15, -0.1) is 0 Å². The van der Waals surface area contributed by atoms with Crippen LogP contribution in [0.2, 0.25) is 0 Å². The minimum absolute atomic E-state index is 0.284. The summed E-state index contributed by atoms with van der Waals surface area (Å²) < 4.78 is 15.4. The molecule has 0 spiro atoms. The Morgan fingerprint density at radius 2 is 1.95 bits per heavy atom. The SMILES string of the molecule is CC(N)c1cccnc1F.SNCc1ccccc1. The van der Waals surface area contributed by atoms with Crippen molar-refractivity contribution in [3.8, 4) is 0 Å².